The second-order valence-corrected chi connectivity index (χ2v) is 11.7. The molecule has 4 aromatic rings. The molecule has 0 aliphatic rings. The third kappa shape index (κ3) is 12.0. The SMILES string of the molecule is CCCCCCCCOc1ccc(C(=O)Oc2ccc(CN(CC(=O)O)C(=O)c3ccc(NC(=O)c4ccc(C(F)(F)F)cn4)cc3)cc2)cc1. The van der Waals surface area contributed by atoms with Crippen LogP contribution >= 0.6 is 0 Å². The van der Waals surface area contributed by atoms with Crippen LogP contribution in [0.25, 0.3) is 0 Å². The molecule has 0 atom stereocenters. The largest absolute Gasteiger partial charge is 0.494 e. The lowest BCUT2D eigenvalue weighted by atomic mass is 10.1. The molecule has 0 bridgehead atoms. The third-order valence-corrected chi connectivity index (χ3v) is 7.69. The predicted octanol–water partition coefficient (Wildman–Crippen LogP) is 8.04. The average Bonchev–Trinajstić information content (AvgIpc) is 3.11. The van der Waals surface area contributed by atoms with Crippen LogP contribution in [0.1, 0.15) is 87.8 Å². The van der Waals surface area contributed by atoms with E-state index < -0.39 is 42.0 Å². The van der Waals surface area contributed by atoms with Crippen molar-refractivity contribution in [3.63, 3.8) is 0 Å². The highest BCUT2D eigenvalue weighted by Crippen LogP contribution is 2.28. The molecule has 51 heavy (non-hydrogen) atoms. The van der Waals surface area contributed by atoms with E-state index in [1.807, 2.05) is 0 Å². The minimum Gasteiger partial charge on any atom is -0.494 e. The van der Waals surface area contributed by atoms with Gasteiger partial charge in [-0.3, -0.25) is 19.4 Å². The Morgan fingerprint density at radius 1 is 0.784 bits per heavy atom. The number of benzene rings is 3. The monoisotopic (exact) mass is 705 g/mol. The average molecular weight is 706 g/mol. The minimum absolute atomic E-state index is 0.0718. The Hall–Kier alpha value is -5.72. The first kappa shape index (κ1) is 38.1. The van der Waals surface area contributed by atoms with E-state index in [-0.39, 0.29) is 29.2 Å². The highest BCUT2D eigenvalue weighted by molar-refractivity contribution is 6.03. The predicted molar refractivity (Wildman–Crippen MR) is 183 cm³/mol. The van der Waals surface area contributed by atoms with E-state index in [1.165, 1.54) is 62.1 Å². The Morgan fingerprint density at radius 2 is 1.41 bits per heavy atom. The van der Waals surface area contributed by atoms with Crippen LogP contribution in [-0.2, 0) is 17.5 Å². The number of rotatable bonds is 17. The fourth-order valence-electron chi connectivity index (χ4n) is 4.94. The fraction of sp³-hybridized carbons (Fsp3) is 0.289. The zero-order chi connectivity index (χ0) is 36.8. The van der Waals surface area contributed by atoms with Crippen molar-refractivity contribution in [3.8, 4) is 11.5 Å². The van der Waals surface area contributed by atoms with Gasteiger partial charge in [-0.2, -0.15) is 13.2 Å². The first-order valence-electron chi connectivity index (χ1n) is 16.4. The van der Waals surface area contributed by atoms with Gasteiger partial charge < -0.3 is 24.8 Å². The molecule has 2 amide bonds. The number of alkyl halides is 3. The van der Waals surface area contributed by atoms with Crippen LogP contribution in [0.4, 0.5) is 18.9 Å². The molecule has 0 saturated carbocycles. The molecule has 2 N–H and O–H groups in total. The molecule has 0 radical (unpaired) electrons. The number of amides is 2. The number of carboxylic acid groups (broad SMARTS) is 1. The summed E-state index contributed by atoms with van der Waals surface area (Å²) in [6.07, 6.45) is 2.94. The number of ether oxygens (including phenoxy) is 2. The van der Waals surface area contributed by atoms with Gasteiger partial charge in [0.25, 0.3) is 11.8 Å². The summed E-state index contributed by atoms with van der Waals surface area (Å²) >= 11 is 0. The topological polar surface area (TPSA) is 135 Å². The summed E-state index contributed by atoms with van der Waals surface area (Å²) in [4.78, 5) is 54.6. The number of aromatic nitrogens is 1. The lowest BCUT2D eigenvalue weighted by molar-refractivity contribution is -0.138. The van der Waals surface area contributed by atoms with Crippen molar-refractivity contribution in [1.82, 2.24) is 9.88 Å². The molecule has 0 fully saturated rings. The summed E-state index contributed by atoms with van der Waals surface area (Å²) in [5, 5.41) is 11.9. The number of carbonyl (C=O) groups is 4. The van der Waals surface area contributed by atoms with E-state index in [2.05, 4.69) is 17.2 Å². The van der Waals surface area contributed by atoms with Crippen LogP contribution in [0.3, 0.4) is 0 Å². The number of hydrogen-bond donors (Lipinski definition) is 2. The number of carbonyl (C=O) groups excluding carboxylic acids is 3. The van der Waals surface area contributed by atoms with Gasteiger partial charge in [0.2, 0.25) is 0 Å². The molecule has 0 unspecified atom stereocenters. The molecule has 1 aromatic heterocycles. The molecule has 0 saturated heterocycles. The van der Waals surface area contributed by atoms with Gasteiger partial charge in [-0.25, -0.2) is 4.79 Å². The van der Waals surface area contributed by atoms with Gasteiger partial charge in [-0.15, -0.1) is 0 Å². The lowest BCUT2D eigenvalue weighted by Crippen LogP contribution is -2.35. The lowest BCUT2D eigenvalue weighted by Gasteiger charge is -2.21. The van der Waals surface area contributed by atoms with Crippen molar-refractivity contribution in [2.24, 2.45) is 0 Å². The van der Waals surface area contributed by atoms with Crippen LogP contribution in [0.2, 0.25) is 0 Å². The molecular formula is C38H38F3N3O7. The maximum absolute atomic E-state index is 13.3. The third-order valence-electron chi connectivity index (χ3n) is 7.69. The molecule has 0 aliphatic heterocycles. The second-order valence-electron chi connectivity index (χ2n) is 11.7. The minimum atomic E-state index is -4.59. The first-order chi connectivity index (χ1) is 24.4. The number of esters is 1. The van der Waals surface area contributed by atoms with Gasteiger partial charge >= 0.3 is 18.1 Å². The van der Waals surface area contributed by atoms with Crippen molar-refractivity contribution in [1.29, 1.82) is 0 Å². The summed E-state index contributed by atoms with van der Waals surface area (Å²) in [6, 6.07) is 20.2. The Kier molecular flexibility index (Phi) is 13.7. The number of halogens is 3. The molecule has 13 heteroatoms. The summed E-state index contributed by atoms with van der Waals surface area (Å²) < 4.78 is 49.6. The summed E-state index contributed by atoms with van der Waals surface area (Å²) in [6.45, 7) is 2.12. The molecule has 10 nitrogen and oxygen atoms in total. The number of nitrogens with one attached hydrogen (secondary N) is 1. The molecule has 4 rings (SSSR count). The van der Waals surface area contributed by atoms with Gasteiger partial charge in [-0.05, 0) is 84.8 Å². The number of hydrogen-bond acceptors (Lipinski definition) is 7. The maximum Gasteiger partial charge on any atom is 0.417 e. The van der Waals surface area contributed by atoms with Crippen molar-refractivity contribution in [3.05, 3.63) is 119 Å². The van der Waals surface area contributed by atoms with Gasteiger partial charge in [-0.1, -0.05) is 51.2 Å². The van der Waals surface area contributed by atoms with Crippen LogP contribution in [0.15, 0.2) is 91.1 Å². The zero-order valence-electron chi connectivity index (χ0n) is 27.9. The van der Waals surface area contributed by atoms with E-state index in [9.17, 15) is 37.5 Å². The normalized spacial score (nSPS) is 11.1. The van der Waals surface area contributed by atoms with Crippen molar-refractivity contribution < 1.29 is 46.9 Å². The van der Waals surface area contributed by atoms with E-state index in [4.69, 9.17) is 9.47 Å². The second kappa shape index (κ2) is 18.3. The molecular weight excluding hydrogens is 667 g/mol. The van der Waals surface area contributed by atoms with E-state index in [1.54, 1.807) is 36.4 Å². The van der Waals surface area contributed by atoms with Gasteiger partial charge in [0.1, 0.15) is 23.7 Å². The van der Waals surface area contributed by atoms with Gasteiger partial charge in [0.05, 0.1) is 17.7 Å². The zero-order valence-corrected chi connectivity index (χ0v) is 27.9. The van der Waals surface area contributed by atoms with Crippen LogP contribution < -0.4 is 14.8 Å². The molecule has 0 spiro atoms. The number of nitrogens with zero attached hydrogens (tertiary/aromatic N) is 2. The van der Waals surface area contributed by atoms with Crippen LogP contribution in [0.5, 0.6) is 11.5 Å². The standard InChI is InChI=1S/C38H38F3N3O7/c1-2-3-4-5-6-7-22-50-31-19-12-28(13-20-31)37(49)51-32-17-8-26(9-18-32)24-44(25-34(45)46)36(48)27-10-15-30(16-11-27)43-35(47)33-21-14-29(23-42-33)38(39,40)41/h8-21,23H,2-7,22,24-25H2,1H3,(H,43,47)(H,45,46). The Balaban J connectivity index is 1.30. The molecule has 0 aliphatic carbocycles. The molecule has 3 aromatic carbocycles. The Bertz CT molecular complexity index is 1760. The summed E-state index contributed by atoms with van der Waals surface area (Å²) in [5.74, 6) is -2.24. The van der Waals surface area contributed by atoms with Crippen LogP contribution in [0, 0.1) is 0 Å². The molecule has 268 valence electrons. The van der Waals surface area contributed by atoms with E-state index >= 15 is 0 Å². The Morgan fingerprint density at radius 3 is 2.02 bits per heavy atom. The van der Waals surface area contributed by atoms with Crippen molar-refractivity contribution >= 4 is 29.4 Å². The van der Waals surface area contributed by atoms with Crippen molar-refractivity contribution in [2.75, 3.05) is 18.5 Å². The van der Waals surface area contributed by atoms with E-state index in [0.717, 1.165) is 29.9 Å². The number of pyridine rings is 1. The summed E-state index contributed by atoms with van der Waals surface area (Å²) in [5.41, 5.74) is 0.0472. The number of aliphatic carboxylic acids is 1. The highest BCUT2D eigenvalue weighted by atomic mass is 19.4. The van der Waals surface area contributed by atoms with Crippen molar-refractivity contribution in [2.45, 2.75) is 58.2 Å². The molecule has 1 heterocycles. The fourth-order valence-corrected chi connectivity index (χ4v) is 4.94. The van der Waals surface area contributed by atoms with Gasteiger partial charge in [0.15, 0.2) is 0 Å². The first-order valence-corrected chi connectivity index (χ1v) is 16.4. The number of anilines is 1. The Labute approximate surface area is 293 Å². The maximum atomic E-state index is 13.3. The smallest absolute Gasteiger partial charge is 0.417 e. The summed E-state index contributed by atoms with van der Waals surface area (Å²) in [7, 11) is 0. The quantitative estimate of drug-likeness (QED) is 0.0641. The van der Waals surface area contributed by atoms with Crippen LogP contribution in [-0.4, -0.2) is 51.9 Å². The van der Waals surface area contributed by atoms with E-state index in [0.29, 0.717) is 29.7 Å². The number of unbranched alkanes of at least 4 members (excludes halogenated alkanes) is 5. The van der Waals surface area contributed by atoms with Gasteiger partial charge in [0, 0.05) is 24.0 Å². The number of carboxylic acids is 1. The highest BCUT2D eigenvalue weighted by Gasteiger charge is 2.31.